The lowest BCUT2D eigenvalue weighted by Crippen LogP contribution is -2.42. The van der Waals surface area contributed by atoms with E-state index in [4.69, 9.17) is 8.85 Å². The van der Waals surface area contributed by atoms with Crippen LogP contribution in [0.4, 0.5) is 0 Å². The molecule has 0 aromatic heterocycles. The van der Waals surface area contributed by atoms with Crippen LogP contribution in [0.3, 0.4) is 0 Å². The summed E-state index contributed by atoms with van der Waals surface area (Å²) in [4.78, 5) is 0. The molecule has 0 atom stereocenters. The van der Waals surface area contributed by atoms with Crippen LogP contribution in [0.1, 0.15) is 27.7 Å². The van der Waals surface area contributed by atoms with E-state index in [1.807, 2.05) is 6.92 Å². The first-order valence-electron chi connectivity index (χ1n) is 4.11. The molecule has 0 aliphatic rings. The molecule has 0 aromatic rings. The van der Waals surface area contributed by atoms with Gasteiger partial charge in [0.25, 0.3) is 0 Å². The number of hydrogen-bond acceptors (Lipinski definition) is 2. The Balaban J connectivity index is 3.91. The second-order valence-corrected chi connectivity index (χ2v) is 7.34. The van der Waals surface area contributed by atoms with Crippen molar-refractivity contribution in [1.82, 2.24) is 0 Å². The lowest BCUT2D eigenvalue weighted by atomic mass is 10.2. The average Bonchev–Trinajstić information content (AvgIpc) is 1.55. The van der Waals surface area contributed by atoms with Crippen LogP contribution in [0.5, 0.6) is 0 Å². The Kier molecular flexibility index (Phi) is 3.74. The van der Waals surface area contributed by atoms with Crippen LogP contribution in [0.2, 0.25) is 13.1 Å². The van der Waals surface area contributed by atoms with Crippen molar-refractivity contribution >= 4 is 8.56 Å². The standard InChI is InChI=1S/C8H20O2Si/c1-7-9-11(5,6)10-8(2,3)4/h7H2,1-6H3. The van der Waals surface area contributed by atoms with Crippen LogP contribution in [-0.2, 0) is 8.85 Å². The van der Waals surface area contributed by atoms with Gasteiger partial charge in [-0.3, -0.25) is 0 Å². The van der Waals surface area contributed by atoms with Gasteiger partial charge in [-0.2, -0.15) is 0 Å². The van der Waals surface area contributed by atoms with Crippen molar-refractivity contribution in [3.8, 4) is 0 Å². The summed E-state index contributed by atoms with van der Waals surface area (Å²) in [6.07, 6.45) is 0. The largest absolute Gasteiger partial charge is 0.395 e. The summed E-state index contributed by atoms with van der Waals surface area (Å²) in [5.74, 6) is 0. The highest BCUT2D eigenvalue weighted by molar-refractivity contribution is 6.64. The predicted octanol–water partition coefficient (Wildman–Crippen LogP) is 2.54. The van der Waals surface area contributed by atoms with Crippen molar-refractivity contribution in [2.45, 2.75) is 46.4 Å². The summed E-state index contributed by atoms with van der Waals surface area (Å²) in [5, 5.41) is 0. The van der Waals surface area contributed by atoms with Gasteiger partial charge in [0.15, 0.2) is 0 Å². The van der Waals surface area contributed by atoms with E-state index in [9.17, 15) is 0 Å². The fourth-order valence-electron chi connectivity index (χ4n) is 1.11. The minimum absolute atomic E-state index is 0.0785. The third kappa shape index (κ3) is 6.53. The van der Waals surface area contributed by atoms with Crippen molar-refractivity contribution < 1.29 is 8.85 Å². The molecule has 0 heterocycles. The summed E-state index contributed by atoms with van der Waals surface area (Å²) in [6, 6.07) is 0. The SMILES string of the molecule is CCO[Si](C)(C)OC(C)(C)C. The van der Waals surface area contributed by atoms with E-state index in [-0.39, 0.29) is 5.60 Å². The van der Waals surface area contributed by atoms with Crippen molar-refractivity contribution in [2.24, 2.45) is 0 Å². The molecular weight excluding hydrogens is 156 g/mol. The zero-order valence-corrected chi connectivity index (χ0v) is 9.52. The molecule has 68 valence electrons. The van der Waals surface area contributed by atoms with Crippen LogP contribution >= 0.6 is 0 Å². The van der Waals surface area contributed by atoms with Gasteiger partial charge in [-0.1, -0.05) is 0 Å². The number of rotatable bonds is 3. The Morgan fingerprint density at radius 1 is 1.18 bits per heavy atom. The molecule has 0 rings (SSSR count). The number of hydrogen-bond donors (Lipinski definition) is 0. The quantitative estimate of drug-likeness (QED) is 0.615. The van der Waals surface area contributed by atoms with Crippen LogP contribution in [0.15, 0.2) is 0 Å². The van der Waals surface area contributed by atoms with Crippen LogP contribution in [-0.4, -0.2) is 20.8 Å². The smallest absolute Gasteiger partial charge is 0.332 e. The highest BCUT2D eigenvalue weighted by Gasteiger charge is 2.29. The Hall–Kier alpha value is 0.137. The van der Waals surface area contributed by atoms with Gasteiger partial charge in [-0.15, -0.1) is 0 Å². The lowest BCUT2D eigenvalue weighted by molar-refractivity contribution is 0.0720. The molecule has 0 spiro atoms. The zero-order valence-electron chi connectivity index (χ0n) is 8.52. The summed E-state index contributed by atoms with van der Waals surface area (Å²) >= 11 is 0. The monoisotopic (exact) mass is 176 g/mol. The second kappa shape index (κ2) is 3.69. The fourth-order valence-corrected chi connectivity index (χ4v) is 3.34. The first kappa shape index (κ1) is 11.1. The van der Waals surface area contributed by atoms with Gasteiger partial charge >= 0.3 is 8.56 Å². The maximum Gasteiger partial charge on any atom is 0.332 e. The maximum absolute atomic E-state index is 5.78. The zero-order chi connectivity index (χ0) is 9.12. The van der Waals surface area contributed by atoms with Gasteiger partial charge in [0.05, 0.1) is 5.60 Å². The average molecular weight is 176 g/mol. The van der Waals surface area contributed by atoms with E-state index in [1.54, 1.807) is 0 Å². The summed E-state index contributed by atoms with van der Waals surface area (Å²) in [6.45, 7) is 13.1. The molecule has 0 bridgehead atoms. The first-order valence-corrected chi connectivity index (χ1v) is 6.92. The lowest BCUT2D eigenvalue weighted by Gasteiger charge is -2.31. The van der Waals surface area contributed by atoms with Crippen LogP contribution < -0.4 is 0 Å². The molecule has 0 radical (unpaired) electrons. The fraction of sp³-hybridized carbons (Fsp3) is 1.00. The van der Waals surface area contributed by atoms with E-state index >= 15 is 0 Å². The molecule has 3 heteroatoms. The molecule has 0 unspecified atom stereocenters. The molecule has 0 aliphatic carbocycles. The molecular formula is C8H20O2Si. The van der Waals surface area contributed by atoms with E-state index in [0.29, 0.717) is 0 Å². The molecule has 0 saturated carbocycles. The van der Waals surface area contributed by atoms with Gasteiger partial charge in [0, 0.05) is 6.61 Å². The molecule has 0 saturated heterocycles. The molecule has 0 fully saturated rings. The van der Waals surface area contributed by atoms with Gasteiger partial charge < -0.3 is 8.85 Å². The Labute approximate surface area is 71.1 Å². The van der Waals surface area contributed by atoms with E-state index < -0.39 is 8.56 Å². The van der Waals surface area contributed by atoms with E-state index in [2.05, 4.69) is 33.9 Å². The predicted molar refractivity (Wildman–Crippen MR) is 49.9 cm³/mol. The normalized spacial score (nSPS) is 13.6. The molecule has 0 N–H and O–H groups in total. The minimum Gasteiger partial charge on any atom is -0.395 e. The van der Waals surface area contributed by atoms with Crippen LogP contribution in [0, 0.1) is 0 Å². The van der Waals surface area contributed by atoms with Gasteiger partial charge in [-0.25, -0.2) is 0 Å². The van der Waals surface area contributed by atoms with Crippen molar-refractivity contribution in [3.63, 3.8) is 0 Å². The van der Waals surface area contributed by atoms with Gasteiger partial charge in [-0.05, 0) is 40.8 Å². The molecule has 0 amide bonds. The minimum atomic E-state index is -1.84. The Morgan fingerprint density at radius 2 is 1.64 bits per heavy atom. The molecule has 0 aromatic carbocycles. The molecule has 0 aliphatic heterocycles. The van der Waals surface area contributed by atoms with Crippen LogP contribution in [0.25, 0.3) is 0 Å². The van der Waals surface area contributed by atoms with Crippen molar-refractivity contribution in [3.05, 3.63) is 0 Å². The highest BCUT2D eigenvalue weighted by atomic mass is 28.4. The third-order valence-electron chi connectivity index (χ3n) is 1.04. The van der Waals surface area contributed by atoms with Gasteiger partial charge in [0.1, 0.15) is 0 Å². The highest BCUT2D eigenvalue weighted by Crippen LogP contribution is 2.17. The van der Waals surface area contributed by atoms with Crippen molar-refractivity contribution in [1.29, 1.82) is 0 Å². The summed E-state index contributed by atoms with van der Waals surface area (Å²) in [5.41, 5.74) is -0.0785. The van der Waals surface area contributed by atoms with Crippen molar-refractivity contribution in [2.75, 3.05) is 6.61 Å². The summed E-state index contributed by atoms with van der Waals surface area (Å²) in [7, 11) is -1.84. The Bertz CT molecular complexity index is 116. The molecule has 2 nitrogen and oxygen atoms in total. The van der Waals surface area contributed by atoms with E-state index in [0.717, 1.165) is 6.61 Å². The topological polar surface area (TPSA) is 18.5 Å². The first-order chi connectivity index (χ1) is 4.77. The third-order valence-corrected chi connectivity index (χ3v) is 3.13. The van der Waals surface area contributed by atoms with Gasteiger partial charge in [0.2, 0.25) is 0 Å². The second-order valence-electron chi connectivity index (χ2n) is 4.05. The molecule has 11 heavy (non-hydrogen) atoms. The summed E-state index contributed by atoms with van der Waals surface area (Å²) < 4.78 is 11.3. The Morgan fingerprint density at radius 3 is 1.91 bits per heavy atom. The van der Waals surface area contributed by atoms with E-state index in [1.165, 1.54) is 0 Å². The maximum atomic E-state index is 5.78.